The van der Waals surface area contributed by atoms with Crippen molar-refractivity contribution in [2.45, 2.75) is 57.1 Å². The Morgan fingerprint density at radius 2 is 2.14 bits per heavy atom. The lowest BCUT2D eigenvalue weighted by Gasteiger charge is -2.37. The van der Waals surface area contributed by atoms with Crippen LogP contribution in [-0.2, 0) is 11.2 Å². The van der Waals surface area contributed by atoms with Gasteiger partial charge in [0, 0.05) is 6.42 Å². The highest BCUT2D eigenvalue weighted by Crippen LogP contribution is 2.31. The summed E-state index contributed by atoms with van der Waals surface area (Å²) in [6.45, 7) is 2.16. The SMILES string of the molecule is CCCc1ccc(OC2CCCC(NC)(C(=O)O)C2)cc1. The van der Waals surface area contributed by atoms with Crippen LogP contribution in [0.3, 0.4) is 0 Å². The molecule has 1 saturated carbocycles. The number of aryl methyl sites for hydroxylation is 1. The largest absolute Gasteiger partial charge is 0.490 e. The van der Waals surface area contributed by atoms with Crippen molar-refractivity contribution in [2.24, 2.45) is 0 Å². The van der Waals surface area contributed by atoms with Gasteiger partial charge in [0.25, 0.3) is 0 Å². The van der Waals surface area contributed by atoms with E-state index in [9.17, 15) is 9.90 Å². The van der Waals surface area contributed by atoms with Crippen molar-refractivity contribution in [1.29, 1.82) is 0 Å². The fraction of sp³-hybridized carbons (Fsp3) is 0.588. The molecule has 0 heterocycles. The minimum absolute atomic E-state index is 0.0423. The van der Waals surface area contributed by atoms with Gasteiger partial charge in [-0.1, -0.05) is 25.5 Å². The third kappa shape index (κ3) is 3.76. The van der Waals surface area contributed by atoms with Gasteiger partial charge in [0.1, 0.15) is 17.4 Å². The molecule has 2 atom stereocenters. The van der Waals surface area contributed by atoms with E-state index in [1.165, 1.54) is 5.56 Å². The van der Waals surface area contributed by atoms with E-state index < -0.39 is 11.5 Å². The summed E-state index contributed by atoms with van der Waals surface area (Å²) in [7, 11) is 1.72. The lowest BCUT2D eigenvalue weighted by atomic mass is 9.80. The first-order chi connectivity index (χ1) is 10.1. The molecule has 0 aliphatic heterocycles. The number of carbonyl (C=O) groups is 1. The third-order valence-corrected chi connectivity index (χ3v) is 4.36. The van der Waals surface area contributed by atoms with Gasteiger partial charge in [-0.25, -0.2) is 0 Å². The number of aliphatic carboxylic acids is 1. The Morgan fingerprint density at radius 1 is 1.43 bits per heavy atom. The van der Waals surface area contributed by atoms with Crippen LogP contribution in [0.5, 0.6) is 5.75 Å². The molecule has 1 aliphatic carbocycles. The van der Waals surface area contributed by atoms with Gasteiger partial charge >= 0.3 is 5.97 Å². The first-order valence-electron chi connectivity index (χ1n) is 7.77. The van der Waals surface area contributed by atoms with Crippen molar-refractivity contribution in [2.75, 3.05) is 7.05 Å². The molecule has 0 spiro atoms. The Bertz CT molecular complexity index is 471. The first-order valence-corrected chi connectivity index (χ1v) is 7.77. The molecule has 0 amide bonds. The minimum Gasteiger partial charge on any atom is -0.490 e. The van der Waals surface area contributed by atoms with E-state index in [0.29, 0.717) is 12.8 Å². The summed E-state index contributed by atoms with van der Waals surface area (Å²) in [5.41, 5.74) is 0.467. The Balaban J connectivity index is 2.00. The maximum atomic E-state index is 11.5. The summed E-state index contributed by atoms with van der Waals surface area (Å²) in [6.07, 6.45) is 5.11. The predicted octanol–water partition coefficient (Wildman–Crippen LogP) is 3.00. The first kappa shape index (κ1) is 15.8. The Hall–Kier alpha value is -1.55. The molecule has 2 unspecified atom stereocenters. The van der Waals surface area contributed by atoms with Crippen molar-refractivity contribution in [1.82, 2.24) is 5.32 Å². The Labute approximate surface area is 126 Å². The van der Waals surface area contributed by atoms with Gasteiger partial charge in [-0.15, -0.1) is 0 Å². The summed E-state index contributed by atoms with van der Waals surface area (Å²) in [5, 5.41) is 12.4. The maximum Gasteiger partial charge on any atom is 0.324 e. The quantitative estimate of drug-likeness (QED) is 0.846. The van der Waals surface area contributed by atoms with Crippen LogP contribution in [-0.4, -0.2) is 29.8 Å². The van der Waals surface area contributed by atoms with Crippen LogP contribution >= 0.6 is 0 Å². The monoisotopic (exact) mass is 291 g/mol. The maximum absolute atomic E-state index is 11.5. The second-order valence-electron chi connectivity index (χ2n) is 5.87. The summed E-state index contributed by atoms with van der Waals surface area (Å²) < 4.78 is 5.99. The Kier molecular flexibility index (Phi) is 5.23. The lowest BCUT2D eigenvalue weighted by molar-refractivity contribution is -0.147. The van der Waals surface area contributed by atoms with Crippen molar-refractivity contribution >= 4 is 5.97 Å². The average molecular weight is 291 g/mol. The standard InChI is InChI=1S/C17H25NO3/c1-3-5-13-7-9-14(10-8-13)21-15-6-4-11-17(12-15,18-2)16(19)20/h7-10,15,18H,3-6,11-12H2,1-2H3,(H,19,20). The molecule has 0 saturated heterocycles. The molecule has 2 N–H and O–H groups in total. The second-order valence-corrected chi connectivity index (χ2v) is 5.87. The highest BCUT2D eigenvalue weighted by molar-refractivity contribution is 5.79. The van der Waals surface area contributed by atoms with Crippen molar-refractivity contribution in [3.8, 4) is 5.75 Å². The van der Waals surface area contributed by atoms with Crippen molar-refractivity contribution < 1.29 is 14.6 Å². The molecule has 0 aromatic heterocycles. The molecule has 1 aromatic rings. The van der Waals surface area contributed by atoms with E-state index in [1.807, 2.05) is 12.1 Å². The molecule has 2 rings (SSSR count). The lowest BCUT2D eigenvalue weighted by Crippen LogP contribution is -2.55. The van der Waals surface area contributed by atoms with Crippen molar-refractivity contribution in [3.63, 3.8) is 0 Å². The van der Waals surface area contributed by atoms with Crippen LogP contribution in [0.25, 0.3) is 0 Å². The molecule has 0 radical (unpaired) electrons. The second kappa shape index (κ2) is 6.94. The van der Waals surface area contributed by atoms with E-state index in [0.717, 1.165) is 31.4 Å². The molecular formula is C17H25NO3. The molecule has 1 aliphatic rings. The van der Waals surface area contributed by atoms with Gasteiger partial charge in [0.2, 0.25) is 0 Å². The molecule has 1 aromatic carbocycles. The Morgan fingerprint density at radius 3 is 2.71 bits per heavy atom. The molecule has 1 fully saturated rings. The topological polar surface area (TPSA) is 58.6 Å². The number of hydrogen-bond donors (Lipinski definition) is 2. The van der Waals surface area contributed by atoms with Gasteiger partial charge in [-0.3, -0.25) is 4.79 Å². The number of hydrogen-bond acceptors (Lipinski definition) is 3. The van der Waals surface area contributed by atoms with Gasteiger partial charge in [0.15, 0.2) is 0 Å². The summed E-state index contributed by atoms with van der Waals surface area (Å²) >= 11 is 0. The summed E-state index contributed by atoms with van der Waals surface area (Å²) in [4.78, 5) is 11.5. The number of carboxylic acids is 1. The number of ether oxygens (including phenoxy) is 1. The van der Waals surface area contributed by atoms with Crippen LogP contribution in [0.15, 0.2) is 24.3 Å². The number of rotatable bonds is 6. The smallest absolute Gasteiger partial charge is 0.324 e. The van der Waals surface area contributed by atoms with Crippen LogP contribution in [0.1, 0.15) is 44.6 Å². The summed E-state index contributed by atoms with van der Waals surface area (Å²) in [5.74, 6) is 0.0498. The summed E-state index contributed by atoms with van der Waals surface area (Å²) in [6, 6.07) is 8.15. The predicted molar refractivity (Wildman–Crippen MR) is 82.7 cm³/mol. The van der Waals surface area contributed by atoms with Gasteiger partial charge in [-0.2, -0.15) is 0 Å². The van der Waals surface area contributed by atoms with Gasteiger partial charge in [-0.05, 0) is 50.4 Å². The van der Waals surface area contributed by atoms with Crippen LogP contribution in [0, 0.1) is 0 Å². The zero-order valence-electron chi connectivity index (χ0n) is 12.9. The zero-order chi connectivity index (χ0) is 15.3. The van der Waals surface area contributed by atoms with E-state index in [-0.39, 0.29) is 6.10 Å². The molecule has 21 heavy (non-hydrogen) atoms. The number of carboxylic acid groups (broad SMARTS) is 1. The zero-order valence-corrected chi connectivity index (χ0v) is 12.9. The average Bonchev–Trinajstić information content (AvgIpc) is 2.49. The number of likely N-dealkylation sites (N-methyl/N-ethyl adjacent to an activating group) is 1. The van der Waals surface area contributed by atoms with Gasteiger partial charge in [0.05, 0.1) is 0 Å². The minimum atomic E-state index is -0.842. The molecule has 4 nitrogen and oxygen atoms in total. The number of benzene rings is 1. The van der Waals surface area contributed by atoms with Crippen LogP contribution in [0.2, 0.25) is 0 Å². The van der Waals surface area contributed by atoms with E-state index in [1.54, 1.807) is 7.05 Å². The normalized spacial score (nSPS) is 25.5. The van der Waals surface area contributed by atoms with E-state index in [2.05, 4.69) is 24.4 Å². The highest BCUT2D eigenvalue weighted by Gasteiger charge is 2.42. The molecule has 116 valence electrons. The number of nitrogens with one attached hydrogen (secondary N) is 1. The van der Waals surface area contributed by atoms with Gasteiger partial charge < -0.3 is 15.2 Å². The van der Waals surface area contributed by atoms with E-state index >= 15 is 0 Å². The van der Waals surface area contributed by atoms with E-state index in [4.69, 9.17) is 4.74 Å². The third-order valence-electron chi connectivity index (χ3n) is 4.36. The highest BCUT2D eigenvalue weighted by atomic mass is 16.5. The molecule has 0 bridgehead atoms. The fourth-order valence-corrected chi connectivity index (χ4v) is 3.07. The fourth-order valence-electron chi connectivity index (χ4n) is 3.07. The van der Waals surface area contributed by atoms with Crippen LogP contribution < -0.4 is 10.1 Å². The molecule has 4 heteroatoms. The van der Waals surface area contributed by atoms with Crippen molar-refractivity contribution in [3.05, 3.63) is 29.8 Å². The molecular weight excluding hydrogens is 266 g/mol. The van der Waals surface area contributed by atoms with Crippen LogP contribution in [0.4, 0.5) is 0 Å².